The highest BCUT2D eigenvalue weighted by atomic mass is 15.5. The summed E-state index contributed by atoms with van der Waals surface area (Å²) in [5, 5.41) is 6.53. The lowest BCUT2D eigenvalue weighted by Crippen LogP contribution is -2.27. The van der Waals surface area contributed by atoms with Crippen molar-refractivity contribution in [3.8, 4) is 0 Å². The molecule has 0 spiro atoms. The van der Waals surface area contributed by atoms with Gasteiger partial charge in [-0.3, -0.25) is 0 Å². The Morgan fingerprint density at radius 1 is 1.12 bits per heavy atom. The van der Waals surface area contributed by atoms with Gasteiger partial charge in [0.1, 0.15) is 0 Å². The van der Waals surface area contributed by atoms with Crippen LogP contribution in [0.2, 0.25) is 0 Å². The molecule has 2 aliphatic heterocycles. The summed E-state index contributed by atoms with van der Waals surface area (Å²) < 4.78 is 0. The molecule has 0 amide bonds. The predicted octanol–water partition coefficient (Wildman–Crippen LogP) is 3.43. The van der Waals surface area contributed by atoms with Crippen LogP contribution >= 0.6 is 0 Å². The van der Waals surface area contributed by atoms with E-state index in [1.807, 2.05) is 17.3 Å². The third-order valence-electron chi connectivity index (χ3n) is 2.87. The van der Waals surface area contributed by atoms with Crippen molar-refractivity contribution in [2.75, 3.05) is 5.01 Å². The summed E-state index contributed by atoms with van der Waals surface area (Å²) in [5.41, 5.74) is 3.58. The molecule has 2 aliphatic rings. The average molecular weight is 210 g/mol. The largest absolute Gasteiger partial charge is 0.234 e. The molecule has 3 rings (SSSR count). The summed E-state index contributed by atoms with van der Waals surface area (Å²) >= 11 is 0. The van der Waals surface area contributed by atoms with Crippen LogP contribution in [0, 0.1) is 5.41 Å². The quantitative estimate of drug-likeness (QED) is 0.640. The van der Waals surface area contributed by atoms with Gasteiger partial charge in [-0.1, -0.05) is 38.1 Å². The molecule has 2 heteroatoms. The number of anilines is 1. The molecule has 0 fully saturated rings. The van der Waals surface area contributed by atoms with E-state index in [0.717, 1.165) is 11.4 Å². The minimum absolute atomic E-state index is 0.0441. The van der Waals surface area contributed by atoms with Crippen LogP contribution in [0.25, 0.3) is 6.08 Å². The van der Waals surface area contributed by atoms with E-state index in [9.17, 15) is 0 Å². The van der Waals surface area contributed by atoms with E-state index < -0.39 is 0 Å². The molecule has 0 atom stereocenters. The van der Waals surface area contributed by atoms with Crippen molar-refractivity contribution in [1.29, 1.82) is 0 Å². The van der Waals surface area contributed by atoms with Gasteiger partial charge in [0.2, 0.25) is 0 Å². The number of benzene rings is 1. The molecule has 0 aromatic heterocycles. The number of fused-ring (bicyclic) bond motifs is 3. The van der Waals surface area contributed by atoms with Gasteiger partial charge in [0.25, 0.3) is 0 Å². The monoisotopic (exact) mass is 210 g/mol. The number of hydrazone groups is 1. The third-order valence-corrected chi connectivity index (χ3v) is 2.87. The zero-order valence-corrected chi connectivity index (χ0v) is 9.51. The zero-order valence-electron chi connectivity index (χ0n) is 9.51. The Morgan fingerprint density at radius 2 is 1.94 bits per heavy atom. The van der Waals surface area contributed by atoms with E-state index in [0.29, 0.717) is 0 Å². The Bertz CT molecular complexity index is 521. The standard InChI is InChI=1S/C14H14N2/c1-14(2)9-12-8-7-11-5-3-4-6-13(11)16(12)15-10-14/h3-10H,1-2H3. The Morgan fingerprint density at radius 3 is 2.81 bits per heavy atom. The number of para-hydroxylation sites is 1. The van der Waals surface area contributed by atoms with E-state index >= 15 is 0 Å². The maximum Gasteiger partial charge on any atom is 0.0724 e. The van der Waals surface area contributed by atoms with Crippen molar-refractivity contribution in [2.24, 2.45) is 10.5 Å². The van der Waals surface area contributed by atoms with Crippen LogP contribution < -0.4 is 5.01 Å². The molecule has 0 unspecified atom stereocenters. The first-order chi connectivity index (χ1) is 7.66. The molecular weight excluding hydrogens is 196 g/mol. The highest BCUT2D eigenvalue weighted by Crippen LogP contribution is 2.35. The van der Waals surface area contributed by atoms with Crippen molar-refractivity contribution in [3.05, 3.63) is 47.7 Å². The van der Waals surface area contributed by atoms with Gasteiger partial charge in [-0.2, -0.15) is 5.10 Å². The van der Waals surface area contributed by atoms with E-state index in [2.05, 4.69) is 55.4 Å². The van der Waals surface area contributed by atoms with Crippen LogP contribution in [-0.2, 0) is 0 Å². The fraction of sp³-hybridized carbons (Fsp3) is 0.214. The number of nitrogens with zero attached hydrogens (tertiary/aromatic N) is 2. The SMILES string of the molecule is CC1(C)C=NN2C(=C1)C=Cc1ccccc12. The number of hydrogen-bond acceptors (Lipinski definition) is 2. The zero-order chi connectivity index (χ0) is 11.2. The van der Waals surface area contributed by atoms with Crippen LogP contribution in [0.15, 0.2) is 47.2 Å². The first kappa shape index (κ1) is 9.40. The van der Waals surface area contributed by atoms with Gasteiger partial charge in [-0.05, 0) is 18.2 Å². The summed E-state index contributed by atoms with van der Waals surface area (Å²) in [4.78, 5) is 0. The van der Waals surface area contributed by atoms with Gasteiger partial charge < -0.3 is 0 Å². The van der Waals surface area contributed by atoms with Crippen molar-refractivity contribution in [2.45, 2.75) is 13.8 Å². The number of allylic oxidation sites excluding steroid dienone is 2. The minimum atomic E-state index is 0.0441. The summed E-state index contributed by atoms with van der Waals surface area (Å²) in [6.07, 6.45) is 8.51. The Labute approximate surface area is 95.6 Å². The Kier molecular flexibility index (Phi) is 1.81. The van der Waals surface area contributed by atoms with Crippen molar-refractivity contribution < 1.29 is 0 Å². The van der Waals surface area contributed by atoms with E-state index in [1.165, 1.54) is 5.56 Å². The third kappa shape index (κ3) is 1.38. The molecule has 16 heavy (non-hydrogen) atoms. The van der Waals surface area contributed by atoms with Crippen LogP contribution in [0.1, 0.15) is 19.4 Å². The van der Waals surface area contributed by atoms with Gasteiger partial charge in [-0.25, -0.2) is 5.01 Å². The fourth-order valence-electron chi connectivity index (χ4n) is 2.07. The summed E-state index contributed by atoms with van der Waals surface area (Å²) in [7, 11) is 0. The Hall–Kier alpha value is -1.83. The maximum atomic E-state index is 4.53. The van der Waals surface area contributed by atoms with Crippen molar-refractivity contribution in [3.63, 3.8) is 0 Å². The first-order valence-electron chi connectivity index (χ1n) is 5.51. The molecule has 80 valence electrons. The van der Waals surface area contributed by atoms with Gasteiger partial charge in [0, 0.05) is 17.2 Å². The molecule has 1 aromatic carbocycles. The molecule has 2 heterocycles. The van der Waals surface area contributed by atoms with Gasteiger partial charge in [0.15, 0.2) is 0 Å². The van der Waals surface area contributed by atoms with E-state index in [4.69, 9.17) is 0 Å². The summed E-state index contributed by atoms with van der Waals surface area (Å²) in [6.45, 7) is 4.32. The second-order valence-electron chi connectivity index (χ2n) is 4.84. The average Bonchev–Trinajstić information content (AvgIpc) is 2.27. The summed E-state index contributed by atoms with van der Waals surface area (Å²) in [5.74, 6) is 0. The molecule has 0 aliphatic carbocycles. The molecule has 2 nitrogen and oxygen atoms in total. The lowest BCUT2D eigenvalue weighted by atomic mass is 9.91. The van der Waals surface area contributed by atoms with Crippen LogP contribution in [0.4, 0.5) is 5.69 Å². The molecule has 0 saturated heterocycles. The predicted molar refractivity (Wildman–Crippen MR) is 68.3 cm³/mol. The maximum absolute atomic E-state index is 4.53. The van der Waals surface area contributed by atoms with E-state index in [-0.39, 0.29) is 5.41 Å². The highest BCUT2D eigenvalue weighted by Gasteiger charge is 2.24. The fourth-order valence-corrected chi connectivity index (χ4v) is 2.07. The number of hydrogen-bond donors (Lipinski definition) is 0. The highest BCUT2D eigenvalue weighted by molar-refractivity contribution is 5.81. The van der Waals surface area contributed by atoms with Crippen molar-refractivity contribution >= 4 is 18.0 Å². The molecule has 0 N–H and O–H groups in total. The molecule has 0 bridgehead atoms. The van der Waals surface area contributed by atoms with E-state index in [1.54, 1.807) is 0 Å². The van der Waals surface area contributed by atoms with Crippen LogP contribution in [0.3, 0.4) is 0 Å². The molecule has 1 aromatic rings. The molecule has 0 saturated carbocycles. The molecular formula is C14H14N2. The lowest BCUT2D eigenvalue weighted by Gasteiger charge is -2.32. The van der Waals surface area contributed by atoms with Crippen LogP contribution in [0.5, 0.6) is 0 Å². The van der Waals surface area contributed by atoms with Gasteiger partial charge in [-0.15, -0.1) is 0 Å². The Balaban J connectivity index is 2.14. The second kappa shape index (κ2) is 3.08. The lowest BCUT2D eigenvalue weighted by molar-refractivity contribution is 0.665. The molecule has 0 radical (unpaired) electrons. The van der Waals surface area contributed by atoms with Gasteiger partial charge >= 0.3 is 0 Å². The van der Waals surface area contributed by atoms with Crippen molar-refractivity contribution in [1.82, 2.24) is 0 Å². The smallest absolute Gasteiger partial charge is 0.0724 e. The topological polar surface area (TPSA) is 15.6 Å². The van der Waals surface area contributed by atoms with Crippen LogP contribution in [-0.4, -0.2) is 6.21 Å². The minimum Gasteiger partial charge on any atom is -0.234 e. The second-order valence-corrected chi connectivity index (χ2v) is 4.84. The first-order valence-corrected chi connectivity index (χ1v) is 5.51. The summed E-state index contributed by atoms with van der Waals surface area (Å²) in [6, 6.07) is 8.31. The van der Waals surface area contributed by atoms with Gasteiger partial charge in [0.05, 0.1) is 11.4 Å². The normalized spacial score (nSPS) is 20.1. The number of rotatable bonds is 0.